The Labute approximate surface area is 889 Å². The number of quaternary nitrogens is 1. The number of phenols is 1. The second kappa shape index (κ2) is 70.0. The van der Waals surface area contributed by atoms with E-state index in [1.807, 2.05) is 165 Å². The highest BCUT2D eigenvalue weighted by Crippen LogP contribution is 2.41. The van der Waals surface area contributed by atoms with E-state index in [-0.39, 0.29) is 172 Å². The van der Waals surface area contributed by atoms with Gasteiger partial charge in [-0.1, -0.05) is 275 Å². The fraction of sp³-hybridized carbons (Fsp3) is 0.600. The van der Waals surface area contributed by atoms with E-state index in [0.29, 0.717) is 66.0 Å². The van der Waals surface area contributed by atoms with Crippen LogP contribution in [0.25, 0.3) is 0 Å². The number of aliphatic carboxylic acids is 2. The third-order valence-corrected chi connectivity index (χ3v) is 26.2. The Bertz CT molecular complexity index is 4600. The quantitative estimate of drug-likeness (QED) is 0.0100. The lowest BCUT2D eigenvalue weighted by molar-refractivity contribution is -0.886. The maximum Gasteiger partial charge on any atom is 0.314 e. The van der Waals surface area contributed by atoms with Gasteiger partial charge in [0.15, 0.2) is 0 Å². The molecule has 0 unspecified atom stereocenters. The van der Waals surface area contributed by atoms with Gasteiger partial charge in [-0.2, -0.15) is 0 Å². The van der Waals surface area contributed by atoms with E-state index in [9.17, 15) is 62.6 Å². The second-order valence-corrected chi connectivity index (χ2v) is 42.7. The normalized spacial score (nSPS) is 14.0. The van der Waals surface area contributed by atoms with Crippen molar-refractivity contribution >= 4 is 71.4 Å². The van der Waals surface area contributed by atoms with Crippen LogP contribution < -0.4 is 50.3 Å². The van der Waals surface area contributed by atoms with Crippen molar-refractivity contribution in [2.24, 2.45) is 5.73 Å². The summed E-state index contributed by atoms with van der Waals surface area (Å²) in [6, 6.07) is 35.7. The third kappa shape index (κ3) is 49.6. The van der Waals surface area contributed by atoms with Crippen molar-refractivity contribution < 1.29 is 106 Å². The molecule has 9 N–H and O–H groups in total. The number of amides is 3. The fourth-order valence-electron chi connectivity index (χ4n) is 17.5. The molecule has 0 aromatic heterocycles. The molecule has 11 rings (SSSR count). The molecule has 0 bridgehead atoms. The van der Waals surface area contributed by atoms with Crippen molar-refractivity contribution in [2.75, 3.05) is 105 Å². The Kier molecular flexibility index (Phi) is 61.1. The van der Waals surface area contributed by atoms with E-state index in [1.165, 1.54) is 77.5 Å². The van der Waals surface area contributed by atoms with Crippen LogP contribution in [0.1, 0.15) is 432 Å². The van der Waals surface area contributed by atoms with E-state index in [4.69, 9.17) is 39.6 Å². The van der Waals surface area contributed by atoms with Crippen LogP contribution in [0, 0.1) is 0 Å². The van der Waals surface area contributed by atoms with Crippen LogP contribution in [-0.2, 0) is 62.3 Å². The molecule has 0 saturated carbocycles. The molecule has 29 heteroatoms. The number of benzene rings is 6. The van der Waals surface area contributed by atoms with Gasteiger partial charge in [-0.3, -0.25) is 57.5 Å². The minimum Gasteiger partial charge on any atom is -0.507 e. The summed E-state index contributed by atoms with van der Waals surface area (Å²) in [6.07, 6.45) is 11.0. The van der Waals surface area contributed by atoms with Gasteiger partial charge in [0, 0.05) is 71.4 Å². The summed E-state index contributed by atoms with van der Waals surface area (Å²) in [5.74, 6) is 1.88. The summed E-state index contributed by atoms with van der Waals surface area (Å²) in [6.45, 7) is 65.8. The number of cyclic esters (lactones) is 2. The summed E-state index contributed by atoms with van der Waals surface area (Å²) < 4.78 is 32.1. The number of carbonyl (C=O) groups excluding carboxylic acids is 10. The number of ether oxygens (including phenoxy) is 6. The summed E-state index contributed by atoms with van der Waals surface area (Å²) in [7, 11) is 0. The first-order chi connectivity index (χ1) is 70.5. The molecule has 828 valence electrons. The Morgan fingerprint density at radius 3 is 0.698 bits per heavy atom. The Morgan fingerprint density at radius 2 is 0.503 bits per heavy atom. The first-order valence-corrected chi connectivity index (χ1v) is 54.7. The molecule has 5 aliphatic rings. The molecule has 6 aromatic rings. The van der Waals surface area contributed by atoms with Crippen LogP contribution in [0.2, 0.25) is 0 Å². The molecular weight excluding hydrogens is 1890 g/mol. The Hall–Kier alpha value is -11.2. The maximum absolute atomic E-state index is 12.3. The number of carboxylic acids is 2. The van der Waals surface area contributed by atoms with Gasteiger partial charge >= 0.3 is 53.7 Å². The number of hydrogen-bond acceptors (Lipinski definition) is 23. The number of hydrogen-bond donors (Lipinski definition) is 8. The molecule has 5 aliphatic heterocycles. The molecule has 0 atom stereocenters. The Balaban J connectivity index is 0.000000365. The zero-order valence-electron chi connectivity index (χ0n) is 94.4. The lowest BCUT2D eigenvalue weighted by Gasteiger charge is -2.19. The van der Waals surface area contributed by atoms with E-state index >= 15 is 0 Å². The third-order valence-electron chi connectivity index (χ3n) is 26.2. The van der Waals surface area contributed by atoms with Crippen molar-refractivity contribution in [1.82, 2.24) is 30.7 Å². The van der Waals surface area contributed by atoms with Crippen LogP contribution in [0.15, 0.2) is 109 Å². The number of esters is 7. The zero-order chi connectivity index (χ0) is 111. The number of rotatable bonds is 43. The van der Waals surface area contributed by atoms with E-state index < -0.39 is 35.8 Å². The fourth-order valence-corrected chi connectivity index (χ4v) is 17.5. The van der Waals surface area contributed by atoms with Gasteiger partial charge in [-0.05, 0) is 216 Å². The van der Waals surface area contributed by atoms with Gasteiger partial charge in [0.2, 0.25) is 17.7 Å². The molecule has 149 heavy (non-hydrogen) atoms. The van der Waals surface area contributed by atoms with Gasteiger partial charge in [-0.25, -0.2) is 0 Å². The molecule has 3 amide bonds. The van der Waals surface area contributed by atoms with Crippen LogP contribution in [0.5, 0.6) is 34.5 Å². The monoisotopic (exact) mass is 2070 g/mol. The van der Waals surface area contributed by atoms with Gasteiger partial charge in [0.05, 0.1) is 84.0 Å². The average Bonchev–Trinajstić information content (AvgIpc) is 1.34. The van der Waals surface area contributed by atoms with E-state index in [0.717, 1.165) is 126 Å². The first kappa shape index (κ1) is 130. The van der Waals surface area contributed by atoms with Gasteiger partial charge in [0.1, 0.15) is 34.5 Å². The predicted molar refractivity (Wildman–Crippen MR) is 589 cm³/mol. The molecule has 5 fully saturated rings. The number of likely N-dealkylation sites (tertiary alicyclic amines) is 4. The van der Waals surface area contributed by atoms with Crippen molar-refractivity contribution in [3.05, 3.63) is 176 Å². The molecule has 0 spiro atoms. The highest BCUT2D eigenvalue weighted by atomic mass is 16.6. The van der Waals surface area contributed by atoms with Crippen LogP contribution in [0.4, 0.5) is 0 Å². The number of para-hydroxylation sites is 6. The van der Waals surface area contributed by atoms with E-state index in [1.54, 1.807) is 4.90 Å². The highest BCUT2D eigenvalue weighted by molar-refractivity contribution is 5.92. The number of nitrogens with one attached hydrogen (secondary N) is 4. The zero-order valence-corrected chi connectivity index (χ0v) is 94.4. The number of nitrogens with zero attached hydrogens (tertiary/aromatic N) is 3. The number of phenolic OH excluding ortho intramolecular Hbond substituents is 1. The first-order valence-electron chi connectivity index (χ1n) is 54.7. The summed E-state index contributed by atoms with van der Waals surface area (Å²) in [4.78, 5) is 146. The molecular formula is C120H183N8O21+. The second-order valence-electron chi connectivity index (χ2n) is 42.7. The number of nitrogens with two attached hydrogens (primary N) is 1. The minimum atomic E-state index is -0.997. The largest absolute Gasteiger partial charge is 0.507 e. The molecule has 6 aromatic carbocycles. The smallest absolute Gasteiger partial charge is 0.314 e. The van der Waals surface area contributed by atoms with Crippen molar-refractivity contribution in [1.29, 1.82) is 0 Å². The predicted octanol–water partition coefficient (Wildman–Crippen LogP) is 21.0. The van der Waals surface area contributed by atoms with Crippen molar-refractivity contribution in [2.45, 2.75) is 366 Å². The SMILES string of the molecule is CC(C)c1cccc(C(C)C)c1O.CC(C)c1cccc(C(C)C)c1OC(=O)CCC(=O)NCCN1CCCC1.CC(C)c1cccc(C(C)C)c1OC(=O)CCC(=O)NCCN1CCCC1.CC(C)c1cccc(C(C)C)c1OC(=O)CCC(=O)NCC[NH+]1CCCC1.CC(C)c1cccc(C(C)C)c1OC(=O)CCC(=O)O.CC(C)c1cccc(C(C)C)c1OC(=O)CCC(=O)O.NCCN1CCCC1.O=C1CCC(=O)O1. The molecule has 0 radical (unpaired) electrons. The average molecular weight is 2070 g/mol. The molecule has 29 nitrogen and oxygen atoms in total. The topological polar surface area (TPSA) is 397 Å². The van der Waals surface area contributed by atoms with E-state index in [2.05, 4.69) is 146 Å². The van der Waals surface area contributed by atoms with Crippen molar-refractivity contribution in [3.8, 4) is 34.5 Å². The Morgan fingerprint density at radius 1 is 0.302 bits per heavy atom. The standard InChI is InChI=1S/3C22H34N2O3.2C16H22O4.C12H18O.C6H14N2.C4H4O3/c3*1-16(2)18-8-7-9-19(17(3)4)22(18)27-21(26)11-10-20(25)23-12-15-24-13-5-6-14-24;2*1-10(2)12-6-5-7-13(11(3)4)16(12)20-15(19)9-8-14(17)18;1-8(2)10-6-5-7-11(9(3)4)12(10)13;7-3-6-8-4-1-2-5-8;5-3-1-2-4(6)7-3/h3*7-9,16-17H,5-6,10-15H2,1-4H3,(H,23,25);2*5-7,10-11H,8-9H2,1-4H3,(H,17,18);5-9,13H,1-4H3;1-7H2;1-2H2/p+1. The molecule has 5 saturated heterocycles. The maximum atomic E-state index is 12.3. The molecule has 5 heterocycles. The molecule has 0 aliphatic carbocycles. The van der Waals surface area contributed by atoms with Crippen molar-refractivity contribution in [3.63, 3.8) is 0 Å². The lowest BCUT2D eigenvalue weighted by Crippen LogP contribution is -3.10. The summed E-state index contributed by atoms with van der Waals surface area (Å²) >= 11 is 0. The van der Waals surface area contributed by atoms with Crippen LogP contribution in [0.3, 0.4) is 0 Å². The number of aromatic hydroxyl groups is 1. The van der Waals surface area contributed by atoms with Crippen LogP contribution >= 0.6 is 0 Å². The van der Waals surface area contributed by atoms with Gasteiger partial charge in [0.25, 0.3) is 0 Å². The summed E-state index contributed by atoms with van der Waals surface area (Å²) in [5, 5.41) is 35.9. The summed E-state index contributed by atoms with van der Waals surface area (Å²) in [5.41, 5.74) is 17.5. The minimum absolute atomic E-state index is 0.0771. The number of carboxylic acid groups (broad SMARTS) is 2. The van der Waals surface area contributed by atoms with Gasteiger partial charge in [-0.15, -0.1) is 0 Å². The highest BCUT2D eigenvalue weighted by Gasteiger charge is 2.28. The van der Waals surface area contributed by atoms with Crippen LogP contribution in [-0.4, -0.2) is 206 Å². The van der Waals surface area contributed by atoms with Gasteiger partial charge < -0.3 is 85.0 Å². The lowest BCUT2D eigenvalue weighted by atomic mass is 9.94. The number of carbonyl (C=O) groups is 12.